The van der Waals surface area contributed by atoms with E-state index in [1.807, 2.05) is 18.2 Å². The number of methoxy groups -OCH3 is 1. The van der Waals surface area contributed by atoms with Crippen molar-refractivity contribution in [3.8, 4) is 11.5 Å². The molecule has 0 saturated heterocycles. The molecule has 0 spiro atoms. The van der Waals surface area contributed by atoms with Gasteiger partial charge in [-0.2, -0.15) is 0 Å². The fraction of sp³-hybridized carbons (Fsp3) is 0.421. The van der Waals surface area contributed by atoms with Gasteiger partial charge in [-0.05, 0) is 53.7 Å². The Morgan fingerprint density at radius 1 is 0.884 bits per heavy atom. The van der Waals surface area contributed by atoms with Crippen LogP contribution in [0.1, 0.15) is 76.0 Å². The molecule has 0 N–H and O–H groups in total. The quantitative estimate of drug-likeness (QED) is 0.268. The highest BCUT2D eigenvalue weighted by Crippen LogP contribution is 2.55. The van der Waals surface area contributed by atoms with Crippen LogP contribution in [-0.2, 0) is 22.4 Å². The standard InChI is InChI=1S/C38H45NO4/c1-8-13-26-19-27(20-32(42-7)36(26)43-18-9-2)33-34-28(21-37(3,4)23-30(34)40)39(17-16-25-14-11-10-12-15-25)29-22-38(5,6)24-31(41)35(29)33/h8-12,14-15,19-20,33H,1-2,13,16-18,21-24H2,3-7H3. The maximum atomic E-state index is 14.2. The summed E-state index contributed by atoms with van der Waals surface area (Å²) < 4.78 is 11.9. The fourth-order valence-electron chi connectivity index (χ4n) is 7.15. The van der Waals surface area contributed by atoms with Crippen molar-refractivity contribution in [3.63, 3.8) is 0 Å². The lowest BCUT2D eigenvalue weighted by Gasteiger charge is -2.49. The lowest BCUT2D eigenvalue weighted by molar-refractivity contribution is -0.119. The van der Waals surface area contributed by atoms with Gasteiger partial charge in [0.25, 0.3) is 0 Å². The highest BCUT2D eigenvalue weighted by molar-refractivity contribution is 6.06. The number of carbonyl (C=O) groups is 2. The van der Waals surface area contributed by atoms with Crippen molar-refractivity contribution < 1.29 is 19.1 Å². The van der Waals surface area contributed by atoms with Crippen LogP contribution in [0, 0.1) is 10.8 Å². The van der Waals surface area contributed by atoms with Gasteiger partial charge < -0.3 is 14.4 Å². The van der Waals surface area contributed by atoms with Crippen molar-refractivity contribution in [2.45, 2.75) is 72.1 Å². The highest BCUT2D eigenvalue weighted by atomic mass is 16.5. The Hall–Kier alpha value is -3.86. The van der Waals surface area contributed by atoms with Crippen LogP contribution in [0.5, 0.6) is 11.5 Å². The largest absolute Gasteiger partial charge is 0.493 e. The number of hydrogen-bond acceptors (Lipinski definition) is 5. The van der Waals surface area contributed by atoms with Gasteiger partial charge in [-0.3, -0.25) is 9.59 Å². The number of benzene rings is 2. The number of Topliss-reactive ketones (excluding diaryl/α,β-unsaturated/α-hetero) is 2. The molecule has 1 aliphatic heterocycles. The van der Waals surface area contributed by atoms with E-state index in [9.17, 15) is 9.59 Å². The van der Waals surface area contributed by atoms with Crippen LogP contribution in [-0.4, -0.2) is 36.7 Å². The molecule has 5 heteroatoms. The molecule has 43 heavy (non-hydrogen) atoms. The summed E-state index contributed by atoms with van der Waals surface area (Å²) in [4.78, 5) is 30.8. The number of carbonyl (C=O) groups excluding carboxylic acids is 2. The Balaban J connectivity index is 1.74. The third-order valence-corrected chi connectivity index (χ3v) is 8.91. The van der Waals surface area contributed by atoms with Crippen LogP contribution in [0.3, 0.4) is 0 Å². The van der Waals surface area contributed by atoms with Gasteiger partial charge in [-0.15, -0.1) is 6.58 Å². The SMILES string of the molecule is C=CCOc1c(CC=C)cc(C2C3=C(CC(C)(C)CC3=O)N(CCc3ccccc3)C3=C2C(=O)CC(C)(C)C3)cc1OC. The first-order valence-electron chi connectivity index (χ1n) is 15.4. The number of nitrogens with zero attached hydrogens (tertiary/aromatic N) is 1. The summed E-state index contributed by atoms with van der Waals surface area (Å²) in [6.07, 6.45) is 7.40. The van der Waals surface area contributed by atoms with E-state index in [1.54, 1.807) is 13.2 Å². The van der Waals surface area contributed by atoms with Crippen LogP contribution in [0.25, 0.3) is 0 Å². The normalized spacial score (nSPS) is 19.6. The Kier molecular flexibility index (Phi) is 8.56. The predicted octanol–water partition coefficient (Wildman–Crippen LogP) is 7.92. The lowest BCUT2D eigenvalue weighted by atomic mass is 9.63. The minimum atomic E-state index is -0.448. The molecule has 3 aliphatic rings. The molecule has 5 nitrogen and oxygen atoms in total. The molecule has 0 unspecified atom stereocenters. The average molecular weight is 580 g/mol. The number of allylic oxidation sites excluding steroid dienone is 5. The van der Waals surface area contributed by atoms with Crippen molar-refractivity contribution in [2.24, 2.45) is 10.8 Å². The van der Waals surface area contributed by atoms with Gasteiger partial charge in [0.1, 0.15) is 6.61 Å². The molecule has 226 valence electrons. The fourth-order valence-corrected chi connectivity index (χ4v) is 7.15. The molecule has 0 radical (unpaired) electrons. The zero-order valence-electron chi connectivity index (χ0n) is 26.4. The van der Waals surface area contributed by atoms with E-state index in [1.165, 1.54) is 5.56 Å². The third-order valence-electron chi connectivity index (χ3n) is 8.91. The molecule has 2 aliphatic carbocycles. The van der Waals surface area contributed by atoms with Gasteiger partial charge in [-0.1, -0.05) is 82.8 Å². The van der Waals surface area contributed by atoms with Crippen molar-refractivity contribution in [1.82, 2.24) is 4.90 Å². The smallest absolute Gasteiger partial charge is 0.165 e. The minimum absolute atomic E-state index is 0.126. The molecule has 2 aromatic carbocycles. The molecule has 2 aromatic rings. The minimum Gasteiger partial charge on any atom is -0.493 e. The van der Waals surface area contributed by atoms with Crippen LogP contribution in [0.4, 0.5) is 0 Å². The lowest BCUT2D eigenvalue weighted by Crippen LogP contribution is -2.45. The summed E-state index contributed by atoms with van der Waals surface area (Å²) in [6, 6.07) is 14.5. The maximum Gasteiger partial charge on any atom is 0.165 e. The number of ketones is 2. The summed E-state index contributed by atoms with van der Waals surface area (Å²) in [6.45, 7) is 17.5. The van der Waals surface area contributed by atoms with Gasteiger partial charge in [0.05, 0.1) is 7.11 Å². The van der Waals surface area contributed by atoms with E-state index in [2.05, 4.69) is 76.1 Å². The van der Waals surface area contributed by atoms with Gasteiger partial charge in [0.2, 0.25) is 0 Å². The van der Waals surface area contributed by atoms with E-state index < -0.39 is 5.92 Å². The molecule has 0 amide bonds. The van der Waals surface area contributed by atoms with E-state index in [0.717, 1.165) is 59.5 Å². The van der Waals surface area contributed by atoms with Crippen LogP contribution in [0.15, 0.2) is 90.3 Å². The Morgan fingerprint density at radius 2 is 1.49 bits per heavy atom. The molecule has 1 heterocycles. The summed E-state index contributed by atoms with van der Waals surface area (Å²) in [7, 11) is 1.63. The Labute approximate surface area is 257 Å². The van der Waals surface area contributed by atoms with Gasteiger partial charge in [0, 0.05) is 53.4 Å². The van der Waals surface area contributed by atoms with Gasteiger partial charge in [0.15, 0.2) is 23.1 Å². The molecule has 0 saturated carbocycles. The second-order valence-electron chi connectivity index (χ2n) is 13.7. The number of hydrogen-bond donors (Lipinski definition) is 0. The molecular formula is C38H45NO4. The monoisotopic (exact) mass is 579 g/mol. The zero-order valence-corrected chi connectivity index (χ0v) is 26.4. The van der Waals surface area contributed by atoms with Crippen molar-refractivity contribution in [3.05, 3.63) is 107 Å². The molecule has 5 rings (SSSR count). The van der Waals surface area contributed by atoms with Crippen molar-refractivity contribution in [2.75, 3.05) is 20.3 Å². The average Bonchev–Trinajstić information content (AvgIpc) is 2.94. The molecule has 0 atom stereocenters. The molecular weight excluding hydrogens is 534 g/mol. The highest BCUT2D eigenvalue weighted by Gasteiger charge is 2.49. The van der Waals surface area contributed by atoms with Crippen LogP contribution in [0.2, 0.25) is 0 Å². The summed E-state index contributed by atoms with van der Waals surface area (Å²) in [5.41, 5.74) is 6.38. The first-order chi connectivity index (χ1) is 20.5. The van der Waals surface area contributed by atoms with E-state index in [0.29, 0.717) is 37.4 Å². The second kappa shape index (κ2) is 12.0. The van der Waals surface area contributed by atoms with Gasteiger partial charge in [-0.25, -0.2) is 0 Å². The predicted molar refractivity (Wildman–Crippen MR) is 172 cm³/mol. The van der Waals surface area contributed by atoms with Crippen LogP contribution >= 0.6 is 0 Å². The number of ether oxygens (including phenoxy) is 2. The van der Waals surface area contributed by atoms with Gasteiger partial charge >= 0.3 is 0 Å². The van der Waals surface area contributed by atoms with E-state index in [4.69, 9.17) is 9.47 Å². The first-order valence-corrected chi connectivity index (χ1v) is 15.4. The summed E-state index contributed by atoms with van der Waals surface area (Å²) in [5.74, 6) is 1.03. The summed E-state index contributed by atoms with van der Waals surface area (Å²) in [5, 5.41) is 0. The molecule has 0 bridgehead atoms. The molecule has 0 fully saturated rings. The summed E-state index contributed by atoms with van der Waals surface area (Å²) >= 11 is 0. The Bertz CT molecular complexity index is 1450. The van der Waals surface area contributed by atoms with E-state index >= 15 is 0 Å². The second-order valence-corrected chi connectivity index (χ2v) is 13.7. The third kappa shape index (κ3) is 6.13. The van der Waals surface area contributed by atoms with E-state index in [-0.39, 0.29) is 22.4 Å². The first kappa shape index (κ1) is 30.6. The Morgan fingerprint density at radius 3 is 2.02 bits per heavy atom. The van der Waals surface area contributed by atoms with Crippen molar-refractivity contribution >= 4 is 11.6 Å². The number of rotatable bonds is 10. The maximum absolute atomic E-state index is 14.2. The van der Waals surface area contributed by atoms with Crippen molar-refractivity contribution in [1.29, 1.82) is 0 Å². The van der Waals surface area contributed by atoms with Crippen LogP contribution < -0.4 is 9.47 Å². The zero-order chi connectivity index (χ0) is 30.9. The molecule has 0 aromatic heterocycles. The topological polar surface area (TPSA) is 55.8 Å².